The molecule has 1 N–H and O–H groups in total. The summed E-state index contributed by atoms with van der Waals surface area (Å²) in [5, 5.41) is 3.17. The van der Waals surface area contributed by atoms with Crippen molar-refractivity contribution in [3.8, 4) is 0 Å². The highest BCUT2D eigenvalue weighted by Crippen LogP contribution is 2.22. The zero-order valence-corrected chi connectivity index (χ0v) is 17.3. The topological polar surface area (TPSA) is 35.6 Å². The number of para-hydroxylation sites is 1. The van der Waals surface area contributed by atoms with Crippen LogP contribution in [0, 0.1) is 12.8 Å². The van der Waals surface area contributed by atoms with Crippen LogP contribution in [0.1, 0.15) is 56.6 Å². The molecule has 4 nitrogen and oxygen atoms in total. The Morgan fingerprint density at radius 2 is 1.74 bits per heavy atom. The molecule has 150 valence electrons. The molecule has 2 saturated heterocycles. The number of aryl methyl sites for hydroxylation is 2. The van der Waals surface area contributed by atoms with Gasteiger partial charge in [-0.3, -0.25) is 9.69 Å². The van der Waals surface area contributed by atoms with Gasteiger partial charge in [0.2, 0.25) is 5.91 Å². The van der Waals surface area contributed by atoms with Crippen LogP contribution in [0.2, 0.25) is 0 Å². The van der Waals surface area contributed by atoms with Crippen LogP contribution in [0.25, 0.3) is 0 Å². The third-order valence-corrected chi connectivity index (χ3v) is 6.29. The number of nitrogens with one attached hydrogen (secondary N) is 1. The second kappa shape index (κ2) is 10.2. The summed E-state index contributed by atoms with van der Waals surface area (Å²) in [6.07, 6.45) is 8.96. The fourth-order valence-electron chi connectivity index (χ4n) is 4.60. The number of piperidine rings is 1. The van der Waals surface area contributed by atoms with E-state index in [1.54, 1.807) is 0 Å². The van der Waals surface area contributed by atoms with Gasteiger partial charge in [0.1, 0.15) is 0 Å². The van der Waals surface area contributed by atoms with Gasteiger partial charge in [0, 0.05) is 12.2 Å². The van der Waals surface area contributed by atoms with Crippen LogP contribution < -0.4 is 5.32 Å². The molecular weight excluding hydrogens is 334 g/mol. The maximum absolute atomic E-state index is 12.6. The number of carbonyl (C=O) groups is 1. The van der Waals surface area contributed by atoms with Crippen molar-refractivity contribution in [2.75, 3.05) is 44.6 Å². The van der Waals surface area contributed by atoms with Gasteiger partial charge in [0.15, 0.2) is 0 Å². The van der Waals surface area contributed by atoms with Gasteiger partial charge in [-0.05, 0) is 82.3 Å². The second-order valence-electron chi connectivity index (χ2n) is 8.45. The molecule has 4 heteroatoms. The predicted octanol–water partition coefficient (Wildman–Crippen LogP) is 4.08. The Morgan fingerprint density at radius 3 is 2.41 bits per heavy atom. The van der Waals surface area contributed by atoms with Crippen LogP contribution in [0.5, 0.6) is 0 Å². The van der Waals surface area contributed by atoms with E-state index < -0.39 is 0 Å². The summed E-state index contributed by atoms with van der Waals surface area (Å²) in [7, 11) is 0. The van der Waals surface area contributed by atoms with Gasteiger partial charge in [-0.25, -0.2) is 0 Å². The van der Waals surface area contributed by atoms with Crippen LogP contribution in [-0.4, -0.2) is 55.0 Å². The Kier molecular flexibility index (Phi) is 7.71. The van der Waals surface area contributed by atoms with Crippen molar-refractivity contribution < 1.29 is 4.79 Å². The summed E-state index contributed by atoms with van der Waals surface area (Å²) < 4.78 is 0. The Labute approximate surface area is 165 Å². The van der Waals surface area contributed by atoms with Gasteiger partial charge < -0.3 is 10.2 Å². The van der Waals surface area contributed by atoms with Crippen LogP contribution >= 0.6 is 0 Å². The van der Waals surface area contributed by atoms with Gasteiger partial charge in [-0.1, -0.05) is 38.0 Å². The smallest absolute Gasteiger partial charge is 0.238 e. The summed E-state index contributed by atoms with van der Waals surface area (Å²) in [5.74, 6) is 0.940. The van der Waals surface area contributed by atoms with E-state index in [9.17, 15) is 4.79 Å². The number of hydrogen-bond acceptors (Lipinski definition) is 3. The maximum atomic E-state index is 12.6. The van der Waals surface area contributed by atoms with Crippen molar-refractivity contribution in [3.05, 3.63) is 29.3 Å². The van der Waals surface area contributed by atoms with E-state index in [1.807, 2.05) is 0 Å². The zero-order valence-electron chi connectivity index (χ0n) is 17.3. The van der Waals surface area contributed by atoms with Crippen LogP contribution in [-0.2, 0) is 11.2 Å². The van der Waals surface area contributed by atoms with E-state index >= 15 is 0 Å². The Hall–Kier alpha value is -1.39. The first-order chi connectivity index (χ1) is 13.2. The van der Waals surface area contributed by atoms with Crippen molar-refractivity contribution in [2.24, 2.45) is 5.92 Å². The highest BCUT2D eigenvalue weighted by atomic mass is 16.2. The molecule has 2 aliphatic heterocycles. The Balaban J connectivity index is 1.43. The SMILES string of the molecule is CCc1cccc(C)c1NC(=O)CN1CCC(CN2CCCCCC2)CC1. The van der Waals surface area contributed by atoms with Gasteiger partial charge >= 0.3 is 0 Å². The number of amides is 1. The molecule has 3 rings (SSSR count). The summed E-state index contributed by atoms with van der Waals surface area (Å²) in [6.45, 7) is 10.7. The molecule has 0 saturated carbocycles. The largest absolute Gasteiger partial charge is 0.324 e. The van der Waals surface area contributed by atoms with Gasteiger partial charge in [0.05, 0.1) is 6.54 Å². The fraction of sp³-hybridized carbons (Fsp3) is 0.696. The van der Waals surface area contributed by atoms with Crippen LogP contribution in [0.3, 0.4) is 0 Å². The number of nitrogens with zero attached hydrogens (tertiary/aromatic N) is 2. The lowest BCUT2D eigenvalue weighted by Crippen LogP contribution is -2.42. The van der Waals surface area contributed by atoms with E-state index in [1.165, 1.54) is 63.7 Å². The quantitative estimate of drug-likeness (QED) is 0.818. The van der Waals surface area contributed by atoms with Crippen LogP contribution in [0.4, 0.5) is 5.69 Å². The average Bonchev–Trinajstić information content (AvgIpc) is 2.93. The van der Waals surface area contributed by atoms with Gasteiger partial charge in [0.25, 0.3) is 0 Å². The minimum atomic E-state index is 0.130. The molecule has 1 aromatic rings. The first-order valence-electron chi connectivity index (χ1n) is 11.0. The minimum absolute atomic E-state index is 0.130. The van der Waals surface area contributed by atoms with E-state index in [0.717, 1.165) is 36.7 Å². The standard InChI is InChI=1S/C23H37N3O/c1-3-21-10-8-9-19(2)23(21)24-22(27)18-26-15-11-20(12-16-26)17-25-13-6-4-5-7-14-25/h8-10,20H,3-7,11-18H2,1-2H3,(H,24,27). The predicted molar refractivity (Wildman–Crippen MR) is 113 cm³/mol. The second-order valence-corrected chi connectivity index (χ2v) is 8.45. The van der Waals surface area contributed by atoms with E-state index in [-0.39, 0.29) is 5.91 Å². The summed E-state index contributed by atoms with van der Waals surface area (Å²) in [6, 6.07) is 6.25. The highest BCUT2D eigenvalue weighted by molar-refractivity contribution is 5.93. The van der Waals surface area contributed by atoms with Crippen LogP contribution in [0.15, 0.2) is 18.2 Å². The lowest BCUT2D eigenvalue weighted by atomic mass is 9.96. The third kappa shape index (κ3) is 6.05. The Bertz CT molecular complexity index is 600. The van der Waals surface area contributed by atoms with Gasteiger partial charge in [-0.15, -0.1) is 0 Å². The maximum Gasteiger partial charge on any atom is 0.238 e. The Morgan fingerprint density at radius 1 is 1.04 bits per heavy atom. The third-order valence-electron chi connectivity index (χ3n) is 6.29. The zero-order chi connectivity index (χ0) is 19.1. The van der Waals surface area contributed by atoms with E-state index in [4.69, 9.17) is 0 Å². The molecule has 2 aliphatic rings. The molecule has 1 aromatic carbocycles. The first kappa shape index (κ1) is 20.3. The number of carbonyl (C=O) groups excluding carboxylic acids is 1. The number of hydrogen-bond donors (Lipinski definition) is 1. The van der Waals surface area contributed by atoms with Crippen molar-refractivity contribution in [1.82, 2.24) is 9.80 Å². The van der Waals surface area contributed by atoms with Crippen molar-refractivity contribution in [3.63, 3.8) is 0 Å². The number of rotatable bonds is 6. The monoisotopic (exact) mass is 371 g/mol. The summed E-state index contributed by atoms with van der Waals surface area (Å²) >= 11 is 0. The van der Waals surface area contributed by atoms with Crippen molar-refractivity contribution >= 4 is 11.6 Å². The molecule has 2 fully saturated rings. The molecular formula is C23H37N3O. The average molecular weight is 372 g/mol. The lowest BCUT2D eigenvalue weighted by Gasteiger charge is -2.34. The molecule has 0 radical (unpaired) electrons. The molecule has 0 spiro atoms. The number of likely N-dealkylation sites (tertiary alicyclic amines) is 2. The summed E-state index contributed by atoms with van der Waals surface area (Å²) in [4.78, 5) is 17.6. The minimum Gasteiger partial charge on any atom is -0.324 e. The molecule has 27 heavy (non-hydrogen) atoms. The first-order valence-corrected chi connectivity index (χ1v) is 11.0. The molecule has 0 atom stereocenters. The highest BCUT2D eigenvalue weighted by Gasteiger charge is 2.23. The van der Waals surface area contributed by atoms with E-state index in [2.05, 4.69) is 47.2 Å². The summed E-state index contributed by atoms with van der Waals surface area (Å²) in [5.41, 5.74) is 3.39. The number of benzene rings is 1. The number of anilines is 1. The normalized spacial score (nSPS) is 20.4. The molecule has 1 amide bonds. The molecule has 0 aliphatic carbocycles. The fourth-order valence-corrected chi connectivity index (χ4v) is 4.60. The van der Waals surface area contributed by atoms with Crippen molar-refractivity contribution in [2.45, 2.75) is 58.8 Å². The molecule has 0 unspecified atom stereocenters. The van der Waals surface area contributed by atoms with Gasteiger partial charge in [-0.2, -0.15) is 0 Å². The van der Waals surface area contributed by atoms with E-state index in [0.29, 0.717) is 6.54 Å². The lowest BCUT2D eigenvalue weighted by molar-refractivity contribution is -0.117. The molecule has 0 aromatic heterocycles. The molecule has 0 bridgehead atoms. The van der Waals surface area contributed by atoms with Crippen molar-refractivity contribution in [1.29, 1.82) is 0 Å². The molecule has 2 heterocycles.